The molecule has 0 saturated carbocycles. The smallest absolute Gasteiger partial charge is 0.170 e. The number of carbonyl (C=O) groups is 1. The summed E-state index contributed by atoms with van der Waals surface area (Å²) in [4.78, 5) is 10.6. The predicted molar refractivity (Wildman–Crippen MR) is 50.5 cm³/mol. The highest BCUT2D eigenvalue weighted by Gasteiger charge is 2.06. The molecule has 0 amide bonds. The van der Waals surface area contributed by atoms with Crippen molar-refractivity contribution in [1.82, 2.24) is 9.78 Å². The number of hydrogen-bond donors (Lipinski definition) is 1. The summed E-state index contributed by atoms with van der Waals surface area (Å²) in [5.41, 5.74) is 7.59. The number of carbonyl (C=O) groups excluding carboxylic acids is 1. The Morgan fingerprint density at radius 2 is 2.31 bits per heavy atom. The second-order valence-corrected chi connectivity index (χ2v) is 2.90. The first-order chi connectivity index (χ1) is 6.22. The molecule has 0 saturated heterocycles. The lowest BCUT2D eigenvalue weighted by Gasteiger charge is -1.94. The van der Waals surface area contributed by atoms with Crippen molar-refractivity contribution in [2.45, 2.75) is 0 Å². The zero-order valence-electron chi connectivity index (χ0n) is 7.19. The van der Waals surface area contributed by atoms with Crippen LogP contribution in [0, 0.1) is 0 Å². The third-order valence-electron chi connectivity index (χ3n) is 2.01. The number of nitrogen functional groups attached to an aromatic ring is 1. The Bertz CT molecular complexity index is 473. The van der Waals surface area contributed by atoms with Crippen molar-refractivity contribution >= 4 is 22.9 Å². The molecule has 66 valence electrons. The molecule has 4 nitrogen and oxygen atoms in total. The molecular weight excluding hydrogens is 166 g/mol. The van der Waals surface area contributed by atoms with Crippen molar-refractivity contribution in [1.29, 1.82) is 0 Å². The zero-order valence-corrected chi connectivity index (χ0v) is 7.19. The minimum Gasteiger partial charge on any atom is -0.399 e. The van der Waals surface area contributed by atoms with E-state index in [1.54, 1.807) is 23.9 Å². The number of aldehydes is 1. The molecule has 0 radical (unpaired) electrons. The van der Waals surface area contributed by atoms with Crippen LogP contribution in [0.2, 0.25) is 0 Å². The van der Waals surface area contributed by atoms with E-state index in [1.807, 2.05) is 6.07 Å². The minimum absolute atomic E-state index is 0.435. The molecule has 13 heavy (non-hydrogen) atoms. The summed E-state index contributed by atoms with van der Waals surface area (Å²) < 4.78 is 1.67. The largest absolute Gasteiger partial charge is 0.399 e. The molecule has 0 aliphatic rings. The maximum Gasteiger partial charge on any atom is 0.170 e. The molecule has 1 aromatic heterocycles. The van der Waals surface area contributed by atoms with Gasteiger partial charge in [0.25, 0.3) is 0 Å². The molecule has 0 atom stereocenters. The minimum atomic E-state index is 0.435. The van der Waals surface area contributed by atoms with Crippen LogP contribution in [-0.2, 0) is 7.05 Å². The Morgan fingerprint density at radius 1 is 1.54 bits per heavy atom. The molecule has 1 aromatic carbocycles. The maximum absolute atomic E-state index is 10.6. The van der Waals surface area contributed by atoms with Crippen LogP contribution in [0.3, 0.4) is 0 Å². The topological polar surface area (TPSA) is 60.9 Å². The normalized spacial score (nSPS) is 10.5. The van der Waals surface area contributed by atoms with Crippen LogP contribution >= 0.6 is 0 Å². The average Bonchev–Trinajstić information content (AvgIpc) is 2.42. The fourth-order valence-electron chi connectivity index (χ4n) is 1.40. The number of benzene rings is 1. The van der Waals surface area contributed by atoms with Gasteiger partial charge in [0, 0.05) is 18.1 Å². The van der Waals surface area contributed by atoms with Crippen molar-refractivity contribution < 1.29 is 4.79 Å². The second kappa shape index (κ2) is 2.58. The Morgan fingerprint density at radius 3 is 3.00 bits per heavy atom. The highest BCUT2D eigenvalue weighted by Crippen LogP contribution is 2.19. The van der Waals surface area contributed by atoms with Crippen LogP contribution in [0.4, 0.5) is 5.69 Å². The Labute approximate surface area is 75.0 Å². The molecule has 2 rings (SSSR count). The summed E-state index contributed by atoms with van der Waals surface area (Å²) in [6.45, 7) is 0. The molecule has 0 spiro atoms. The number of aryl methyl sites for hydroxylation is 1. The predicted octanol–water partition coefficient (Wildman–Crippen LogP) is 0.968. The average molecular weight is 175 g/mol. The molecule has 0 bridgehead atoms. The summed E-state index contributed by atoms with van der Waals surface area (Å²) in [5.74, 6) is 0. The molecule has 2 N–H and O–H groups in total. The maximum atomic E-state index is 10.6. The fourth-order valence-corrected chi connectivity index (χ4v) is 1.40. The zero-order chi connectivity index (χ0) is 9.42. The molecule has 0 aliphatic heterocycles. The van der Waals surface area contributed by atoms with Crippen molar-refractivity contribution in [3.8, 4) is 0 Å². The van der Waals surface area contributed by atoms with Gasteiger partial charge < -0.3 is 5.73 Å². The van der Waals surface area contributed by atoms with Gasteiger partial charge in [-0.2, -0.15) is 5.10 Å². The van der Waals surface area contributed by atoms with E-state index in [0.717, 1.165) is 17.2 Å². The molecule has 1 heterocycles. The molecule has 0 fully saturated rings. The number of nitrogens with two attached hydrogens (primary N) is 1. The molecular formula is C9H9N3O. The number of rotatable bonds is 1. The van der Waals surface area contributed by atoms with E-state index in [0.29, 0.717) is 11.4 Å². The SMILES string of the molecule is Cn1nc(C=O)c2cc(N)ccc21. The van der Waals surface area contributed by atoms with Gasteiger partial charge in [0.2, 0.25) is 0 Å². The lowest BCUT2D eigenvalue weighted by molar-refractivity contribution is 0.112. The van der Waals surface area contributed by atoms with Crippen LogP contribution in [-0.4, -0.2) is 16.1 Å². The first kappa shape index (κ1) is 7.79. The third kappa shape index (κ3) is 1.07. The lowest BCUT2D eigenvalue weighted by Crippen LogP contribution is -1.90. The third-order valence-corrected chi connectivity index (χ3v) is 2.01. The quantitative estimate of drug-likeness (QED) is 0.519. The van der Waals surface area contributed by atoms with Gasteiger partial charge in [0.1, 0.15) is 5.69 Å². The van der Waals surface area contributed by atoms with Crippen molar-refractivity contribution in [2.24, 2.45) is 7.05 Å². The summed E-state index contributed by atoms with van der Waals surface area (Å²) in [5, 5.41) is 4.85. The molecule has 2 aromatic rings. The van der Waals surface area contributed by atoms with Crippen molar-refractivity contribution in [3.63, 3.8) is 0 Å². The fraction of sp³-hybridized carbons (Fsp3) is 0.111. The Hall–Kier alpha value is -1.84. The highest BCUT2D eigenvalue weighted by molar-refractivity contribution is 5.96. The van der Waals surface area contributed by atoms with E-state index < -0.39 is 0 Å². The first-order valence-corrected chi connectivity index (χ1v) is 3.90. The summed E-state index contributed by atoms with van der Waals surface area (Å²) in [7, 11) is 1.80. The van der Waals surface area contributed by atoms with Gasteiger partial charge in [-0.05, 0) is 18.2 Å². The van der Waals surface area contributed by atoms with Gasteiger partial charge in [-0.25, -0.2) is 0 Å². The van der Waals surface area contributed by atoms with Crippen molar-refractivity contribution in [2.75, 3.05) is 5.73 Å². The Balaban J connectivity index is 2.89. The van der Waals surface area contributed by atoms with Crippen LogP contribution in [0.5, 0.6) is 0 Å². The van der Waals surface area contributed by atoms with Gasteiger partial charge in [-0.1, -0.05) is 0 Å². The van der Waals surface area contributed by atoms with Crippen LogP contribution < -0.4 is 5.73 Å². The van der Waals surface area contributed by atoms with Gasteiger partial charge in [0.05, 0.1) is 5.52 Å². The van der Waals surface area contributed by atoms with Crippen LogP contribution in [0.25, 0.3) is 10.9 Å². The standard InChI is InChI=1S/C9H9N3O/c1-12-9-3-2-6(10)4-7(9)8(5-13)11-12/h2-5H,10H2,1H3. The van der Waals surface area contributed by atoms with Gasteiger partial charge >= 0.3 is 0 Å². The molecule has 4 heteroatoms. The van der Waals surface area contributed by atoms with Gasteiger partial charge in [-0.15, -0.1) is 0 Å². The van der Waals surface area contributed by atoms with E-state index in [9.17, 15) is 4.79 Å². The lowest BCUT2D eigenvalue weighted by atomic mass is 10.2. The van der Waals surface area contributed by atoms with E-state index in [-0.39, 0.29) is 0 Å². The van der Waals surface area contributed by atoms with Gasteiger partial charge in [-0.3, -0.25) is 9.48 Å². The molecule has 0 aliphatic carbocycles. The first-order valence-electron chi connectivity index (χ1n) is 3.90. The van der Waals surface area contributed by atoms with E-state index in [4.69, 9.17) is 5.73 Å². The van der Waals surface area contributed by atoms with E-state index in [2.05, 4.69) is 5.10 Å². The number of nitrogens with zero attached hydrogens (tertiary/aromatic N) is 2. The second-order valence-electron chi connectivity index (χ2n) is 2.90. The van der Waals surface area contributed by atoms with E-state index in [1.165, 1.54) is 0 Å². The van der Waals surface area contributed by atoms with Gasteiger partial charge in [0.15, 0.2) is 6.29 Å². The number of fused-ring (bicyclic) bond motifs is 1. The number of aromatic nitrogens is 2. The summed E-state index contributed by atoms with van der Waals surface area (Å²) >= 11 is 0. The van der Waals surface area contributed by atoms with Crippen LogP contribution in [0.15, 0.2) is 18.2 Å². The number of hydrogen-bond acceptors (Lipinski definition) is 3. The summed E-state index contributed by atoms with van der Waals surface area (Å²) in [6, 6.07) is 5.40. The Kier molecular flexibility index (Phi) is 1.55. The van der Waals surface area contributed by atoms with Crippen molar-refractivity contribution in [3.05, 3.63) is 23.9 Å². The molecule has 0 unspecified atom stereocenters. The monoisotopic (exact) mass is 175 g/mol. The highest BCUT2D eigenvalue weighted by atomic mass is 16.1. The number of anilines is 1. The van der Waals surface area contributed by atoms with Crippen LogP contribution in [0.1, 0.15) is 10.5 Å². The summed E-state index contributed by atoms with van der Waals surface area (Å²) in [6.07, 6.45) is 0.738. The van der Waals surface area contributed by atoms with E-state index >= 15 is 0 Å².